The van der Waals surface area contributed by atoms with Gasteiger partial charge in [0.1, 0.15) is 12.6 Å². The number of aliphatic carboxylic acids is 1. The van der Waals surface area contributed by atoms with Crippen LogP contribution in [0.4, 0.5) is 0 Å². The Hall–Kier alpha value is -2.71. The van der Waals surface area contributed by atoms with Crippen molar-refractivity contribution in [1.82, 2.24) is 0 Å². The van der Waals surface area contributed by atoms with Crippen molar-refractivity contribution in [2.75, 3.05) is 41.0 Å². The van der Waals surface area contributed by atoms with Crippen LogP contribution in [-0.4, -0.2) is 75.5 Å². The number of nitrogens with zero attached hydrogens (tertiary/aromatic N) is 1. The van der Waals surface area contributed by atoms with Gasteiger partial charge in [0.2, 0.25) is 0 Å². The monoisotopic (exact) mass is 746 g/mol. The molecule has 0 aromatic carbocycles. The fourth-order valence-corrected chi connectivity index (χ4v) is 5.84. The molecule has 0 spiro atoms. The number of likely N-dealkylation sites (N-methyl/N-ethyl adjacent to an activating group) is 1. The number of carboxylic acids is 1. The van der Waals surface area contributed by atoms with Gasteiger partial charge in [0.05, 0.1) is 40.3 Å². The Bertz CT molecular complexity index is 1010. The molecule has 0 saturated carbocycles. The van der Waals surface area contributed by atoms with E-state index in [0.29, 0.717) is 12.8 Å². The second kappa shape index (κ2) is 36.3. The summed E-state index contributed by atoms with van der Waals surface area (Å²) < 4.78 is 17.1. The summed E-state index contributed by atoms with van der Waals surface area (Å²) in [6.45, 7) is 4.55. The van der Waals surface area contributed by atoms with Gasteiger partial charge in [-0.25, -0.2) is 0 Å². The summed E-state index contributed by atoms with van der Waals surface area (Å²) in [5.41, 5.74) is 0. The summed E-state index contributed by atoms with van der Waals surface area (Å²) >= 11 is 0. The second-order valence-electron chi connectivity index (χ2n) is 15.2. The summed E-state index contributed by atoms with van der Waals surface area (Å²) in [7, 11) is 5.38. The lowest BCUT2D eigenvalue weighted by molar-refractivity contribution is -0.889. The molecule has 0 rings (SSSR count). The minimum absolute atomic E-state index is 0.0173. The van der Waals surface area contributed by atoms with Gasteiger partial charge in [0.25, 0.3) is 0 Å². The zero-order valence-corrected chi connectivity index (χ0v) is 34.7. The van der Waals surface area contributed by atoms with Gasteiger partial charge < -0.3 is 28.6 Å². The minimum atomic E-state index is -1.14. The van der Waals surface area contributed by atoms with E-state index in [1.54, 1.807) is 21.1 Å². The van der Waals surface area contributed by atoms with E-state index in [1.807, 2.05) is 0 Å². The van der Waals surface area contributed by atoms with Crippen LogP contribution in [0.1, 0.15) is 168 Å². The Balaban J connectivity index is 4.48. The minimum Gasteiger partial charge on any atom is -0.544 e. The van der Waals surface area contributed by atoms with Crippen molar-refractivity contribution in [2.45, 2.75) is 180 Å². The van der Waals surface area contributed by atoms with Gasteiger partial charge in [-0.1, -0.05) is 127 Å². The second-order valence-corrected chi connectivity index (χ2v) is 15.2. The Labute approximate surface area is 325 Å². The van der Waals surface area contributed by atoms with E-state index in [2.05, 4.69) is 62.5 Å². The first-order valence-electron chi connectivity index (χ1n) is 21.2. The maximum Gasteiger partial charge on any atom is 0.306 e. The van der Waals surface area contributed by atoms with E-state index in [0.717, 1.165) is 51.4 Å². The Morgan fingerprint density at radius 3 is 1.58 bits per heavy atom. The number of carbonyl (C=O) groups is 3. The van der Waals surface area contributed by atoms with E-state index in [9.17, 15) is 19.5 Å². The van der Waals surface area contributed by atoms with Crippen LogP contribution in [0.25, 0.3) is 0 Å². The molecule has 2 atom stereocenters. The summed E-state index contributed by atoms with van der Waals surface area (Å²) in [6.07, 6.45) is 41.4. The number of ether oxygens (including phenoxy) is 3. The molecule has 0 aromatic heterocycles. The average molecular weight is 746 g/mol. The molecular formula is C45H79NO7. The molecule has 0 N–H and O–H groups in total. The molecule has 0 saturated heterocycles. The highest BCUT2D eigenvalue weighted by Crippen LogP contribution is 2.12. The molecule has 53 heavy (non-hydrogen) atoms. The molecule has 306 valence electrons. The summed E-state index contributed by atoms with van der Waals surface area (Å²) in [5, 5.41) is 11.6. The number of carboxylic acid groups (broad SMARTS) is 1. The number of hydrogen-bond donors (Lipinski definition) is 0. The number of esters is 2. The molecule has 0 aromatic rings. The average Bonchev–Trinajstić information content (AvgIpc) is 3.11. The molecule has 0 bridgehead atoms. The molecule has 0 fully saturated rings. The third-order valence-electron chi connectivity index (χ3n) is 9.19. The third kappa shape index (κ3) is 34.8. The van der Waals surface area contributed by atoms with Crippen LogP contribution in [0.15, 0.2) is 48.6 Å². The van der Waals surface area contributed by atoms with Crippen molar-refractivity contribution in [3.8, 4) is 0 Å². The maximum atomic E-state index is 12.7. The van der Waals surface area contributed by atoms with Crippen LogP contribution < -0.4 is 5.11 Å². The Morgan fingerprint density at radius 1 is 0.566 bits per heavy atom. The van der Waals surface area contributed by atoms with Crippen LogP contribution in [0.5, 0.6) is 0 Å². The lowest BCUT2D eigenvalue weighted by Crippen LogP contribution is -2.55. The SMILES string of the molecule is CCCCC/C=C/CCCCCCCC(=O)OCC(COCCC(C(=O)[O-])[N+](C)(C)C)OC(=O)CCC/C=C/C/C=C/C/C=C/CCCCCCCC. The van der Waals surface area contributed by atoms with E-state index in [1.165, 1.54) is 77.0 Å². The van der Waals surface area contributed by atoms with Gasteiger partial charge >= 0.3 is 11.9 Å². The molecule has 0 radical (unpaired) electrons. The van der Waals surface area contributed by atoms with Crippen LogP contribution in [0.2, 0.25) is 0 Å². The fourth-order valence-electron chi connectivity index (χ4n) is 5.84. The highest BCUT2D eigenvalue weighted by molar-refractivity contribution is 5.70. The first-order valence-corrected chi connectivity index (χ1v) is 21.2. The zero-order valence-electron chi connectivity index (χ0n) is 34.7. The highest BCUT2D eigenvalue weighted by Gasteiger charge is 2.25. The first-order chi connectivity index (χ1) is 25.6. The predicted octanol–water partition coefficient (Wildman–Crippen LogP) is 9.91. The molecule has 0 aliphatic carbocycles. The smallest absolute Gasteiger partial charge is 0.306 e. The van der Waals surface area contributed by atoms with Crippen molar-refractivity contribution in [2.24, 2.45) is 0 Å². The van der Waals surface area contributed by atoms with Crippen molar-refractivity contribution < 1.29 is 38.2 Å². The maximum absolute atomic E-state index is 12.7. The van der Waals surface area contributed by atoms with Crippen LogP contribution >= 0.6 is 0 Å². The predicted molar refractivity (Wildman–Crippen MR) is 217 cm³/mol. The normalized spacial score (nSPS) is 13.5. The third-order valence-corrected chi connectivity index (χ3v) is 9.19. The number of carbonyl (C=O) groups excluding carboxylic acids is 3. The Morgan fingerprint density at radius 2 is 1.02 bits per heavy atom. The molecule has 8 heteroatoms. The van der Waals surface area contributed by atoms with Gasteiger partial charge in [-0.2, -0.15) is 0 Å². The largest absolute Gasteiger partial charge is 0.544 e. The highest BCUT2D eigenvalue weighted by atomic mass is 16.6. The van der Waals surface area contributed by atoms with Crippen LogP contribution in [0.3, 0.4) is 0 Å². The van der Waals surface area contributed by atoms with E-state index >= 15 is 0 Å². The van der Waals surface area contributed by atoms with Gasteiger partial charge in [-0.05, 0) is 70.6 Å². The quantitative estimate of drug-likeness (QED) is 0.0270. The number of allylic oxidation sites excluding steroid dienone is 8. The van der Waals surface area contributed by atoms with Crippen molar-refractivity contribution >= 4 is 17.9 Å². The number of quaternary nitrogens is 1. The summed E-state index contributed by atoms with van der Waals surface area (Å²) in [6, 6.07) is -0.735. The van der Waals surface area contributed by atoms with Crippen molar-refractivity contribution in [1.29, 1.82) is 0 Å². The van der Waals surface area contributed by atoms with E-state index < -0.39 is 18.1 Å². The molecule has 0 aliphatic rings. The number of unbranched alkanes of at least 4 members (excludes halogenated alkanes) is 15. The van der Waals surface area contributed by atoms with Crippen molar-refractivity contribution in [3.63, 3.8) is 0 Å². The molecule has 2 unspecified atom stereocenters. The molecule has 0 heterocycles. The lowest BCUT2D eigenvalue weighted by Gasteiger charge is -2.34. The zero-order chi connectivity index (χ0) is 39.3. The summed E-state index contributed by atoms with van der Waals surface area (Å²) in [4.78, 5) is 36.7. The van der Waals surface area contributed by atoms with Gasteiger partial charge in [0.15, 0.2) is 6.10 Å². The fraction of sp³-hybridized carbons (Fsp3) is 0.756. The van der Waals surface area contributed by atoms with E-state index in [-0.39, 0.29) is 49.1 Å². The number of rotatable bonds is 37. The molecular weight excluding hydrogens is 666 g/mol. The standard InChI is InChI=1S/C45H79NO7/c1-6-8-10-12-14-16-18-20-21-22-23-24-26-28-30-32-34-36-44(48)53-41(39-51-38-37-42(45(49)50)46(3,4)5)40-52-43(47)35-33-31-29-27-25-19-17-15-13-11-9-7-2/h15,17,20-21,23-24,28,30,41-42H,6-14,16,18-19,22,25-27,29,31-40H2,1-5H3/b17-15+,21-20+,24-23+,30-28+. The topological polar surface area (TPSA) is 102 Å². The molecule has 8 nitrogen and oxygen atoms in total. The van der Waals surface area contributed by atoms with Crippen molar-refractivity contribution in [3.05, 3.63) is 48.6 Å². The molecule has 0 amide bonds. The Kier molecular flexibility index (Phi) is 34.4. The summed E-state index contributed by atoms with van der Waals surface area (Å²) in [5.74, 6) is -1.82. The van der Waals surface area contributed by atoms with E-state index in [4.69, 9.17) is 14.2 Å². The number of hydrogen-bond acceptors (Lipinski definition) is 7. The first kappa shape index (κ1) is 50.3. The van der Waals surface area contributed by atoms with Gasteiger partial charge in [-0.3, -0.25) is 9.59 Å². The van der Waals surface area contributed by atoms with Crippen LogP contribution in [0, 0.1) is 0 Å². The molecule has 0 aliphatic heterocycles. The van der Waals surface area contributed by atoms with Gasteiger partial charge in [-0.15, -0.1) is 0 Å². The van der Waals surface area contributed by atoms with Crippen LogP contribution in [-0.2, 0) is 28.6 Å². The van der Waals surface area contributed by atoms with Gasteiger partial charge in [0, 0.05) is 19.3 Å². The lowest BCUT2D eigenvalue weighted by atomic mass is 10.1.